The second-order valence-corrected chi connectivity index (χ2v) is 7.22. The van der Waals surface area contributed by atoms with Crippen LogP contribution in [0.3, 0.4) is 0 Å². The van der Waals surface area contributed by atoms with Gasteiger partial charge in [0.25, 0.3) is 11.6 Å². The van der Waals surface area contributed by atoms with E-state index in [-0.39, 0.29) is 22.7 Å². The number of rotatable bonds is 8. The third kappa shape index (κ3) is 5.20. The van der Waals surface area contributed by atoms with Crippen LogP contribution in [0.5, 0.6) is 11.5 Å². The number of benzene rings is 2. The van der Waals surface area contributed by atoms with Gasteiger partial charge in [0, 0.05) is 23.5 Å². The van der Waals surface area contributed by atoms with Crippen molar-refractivity contribution in [3.8, 4) is 11.5 Å². The number of methoxy groups -OCH3 is 1. The summed E-state index contributed by atoms with van der Waals surface area (Å²) in [4.78, 5) is 23.6. The molecule has 0 unspecified atom stereocenters. The van der Waals surface area contributed by atoms with Gasteiger partial charge < -0.3 is 20.1 Å². The lowest BCUT2D eigenvalue weighted by molar-refractivity contribution is -0.385. The van der Waals surface area contributed by atoms with Gasteiger partial charge in [-0.25, -0.2) is 0 Å². The molecule has 160 valence electrons. The number of amides is 1. The zero-order chi connectivity index (χ0) is 21.5. The molecule has 1 aliphatic rings. The number of carbonyl (C=O) groups is 1. The molecular formula is C22H27N3O5. The van der Waals surface area contributed by atoms with Crippen LogP contribution in [-0.2, 0) is 0 Å². The molecule has 2 aromatic carbocycles. The second kappa shape index (κ2) is 9.96. The van der Waals surface area contributed by atoms with E-state index in [1.54, 1.807) is 19.1 Å². The first-order valence-corrected chi connectivity index (χ1v) is 10.2. The lowest BCUT2D eigenvalue weighted by Crippen LogP contribution is -2.22. The van der Waals surface area contributed by atoms with Crippen LogP contribution in [0.1, 0.15) is 49.4 Å². The van der Waals surface area contributed by atoms with Crippen molar-refractivity contribution in [1.82, 2.24) is 0 Å². The molecule has 3 rings (SSSR count). The Bertz CT molecular complexity index is 892. The molecule has 0 heterocycles. The topological polar surface area (TPSA) is 103 Å². The first-order chi connectivity index (χ1) is 14.5. The molecule has 0 bridgehead atoms. The minimum Gasteiger partial charge on any atom is -0.493 e. The zero-order valence-corrected chi connectivity index (χ0v) is 17.3. The third-order valence-electron chi connectivity index (χ3n) is 5.14. The first kappa shape index (κ1) is 21.4. The molecule has 1 aliphatic carbocycles. The van der Waals surface area contributed by atoms with E-state index in [0.717, 1.165) is 5.69 Å². The van der Waals surface area contributed by atoms with Crippen molar-refractivity contribution in [1.29, 1.82) is 0 Å². The number of nitro benzene ring substituents is 1. The van der Waals surface area contributed by atoms with Gasteiger partial charge in [-0.1, -0.05) is 19.3 Å². The Labute approximate surface area is 175 Å². The standard InChI is InChI=1S/C22H27N3O5/c1-3-30-21-14-19(25(27)28)18(13-20(21)29-2)22(26)24-17-11-9-16(10-12-17)23-15-7-5-4-6-8-15/h9-15,23H,3-8H2,1-2H3,(H,24,26). The fourth-order valence-corrected chi connectivity index (χ4v) is 3.64. The van der Waals surface area contributed by atoms with E-state index in [4.69, 9.17) is 9.47 Å². The van der Waals surface area contributed by atoms with E-state index >= 15 is 0 Å². The van der Waals surface area contributed by atoms with Crippen LogP contribution in [0.4, 0.5) is 17.1 Å². The van der Waals surface area contributed by atoms with E-state index in [1.165, 1.54) is 51.3 Å². The summed E-state index contributed by atoms with van der Waals surface area (Å²) < 4.78 is 10.6. The smallest absolute Gasteiger partial charge is 0.286 e. The Morgan fingerprint density at radius 2 is 1.77 bits per heavy atom. The van der Waals surface area contributed by atoms with Crippen LogP contribution in [0.2, 0.25) is 0 Å². The number of nitrogens with one attached hydrogen (secondary N) is 2. The Hall–Kier alpha value is -3.29. The molecule has 1 amide bonds. The molecule has 0 spiro atoms. The fraction of sp³-hybridized carbons (Fsp3) is 0.409. The fourth-order valence-electron chi connectivity index (χ4n) is 3.64. The first-order valence-electron chi connectivity index (χ1n) is 10.2. The van der Waals surface area contributed by atoms with Crippen LogP contribution in [0.25, 0.3) is 0 Å². The second-order valence-electron chi connectivity index (χ2n) is 7.22. The van der Waals surface area contributed by atoms with Crippen molar-refractivity contribution in [3.05, 3.63) is 52.1 Å². The zero-order valence-electron chi connectivity index (χ0n) is 17.3. The van der Waals surface area contributed by atoms with Gasteiger partial charge in [0.05, 0.1) is 24.7 Å². The summed E-state index contributed by atoms with van der Waals surface area (Å²) in [6.07, 6.45) is 6.13. The lowest BCUT2D eigenvalue weighted by atomic mass is 9.95. The van der Waals surface area contributed by atoms with Gasteiger partial charge >= 0.3 is 0 Å². The number of nitro groups is 1. The van der Waals surface area contributed by atoms with Gasteiger partial charge in [-0.15, -0.1) is 0 Å². The van der Waals surface area contributed by atoms with Gasteiger partial charge in [0.15, 0.2) is 11.5 Å². The van der Waals surface area contributed by atoms with Gasteiger partial charge in [-0.2, -0.15) is 0 Å². The maximum Gasteiger partial charge on any atom is 0.286 e. The number of hydrogen-bond donors (Lipinski definition) is 2. The molecule has 0 saturated heterocycles. The molecule has 1 fully saturated rings. The van der Waals surface area contributed by atoms with E-state index < -0.39 is 10.8 Å². The highest BCUT2D eigenvalue weighted by molar-refractivity contribution is 6.07. The maximum atomic E-state index is 12.8. The molecule has 0 radical (unpaired) electrons. The van der Waals surface area contributed by atoms with Crippen molar-refractivity contribution in [2.45, 2.75) is 45.1 Å². The number of nitrogens with zero attached hydrogens (tertiary/aromatic N) is 1. The molecular weight excluding hydrogens is 386 g/mol. The minimum atomic E-state index is -0.603. The molecule has 2 aromatic rings. The normalized spacial score (nSPS) is 14.1. The average Bonchev–Trinajstić information content (AvgIpc) is 2.75. The van der Waals surface area contributed by atoms with Crippen LogP contribution in [0, 0.1) is 10.1 Å². The monoisotopic (exact) mass is 413 g/mol. The predicted octanol–water partition coefficient (Wildman–Crippen LogP) is 5.00. The summed E-state index contributed by atoms with van der Waals surface area (Å²) in [6, 6.07) is 10.4. The summed E-state index contributed by atoms with van der Waals surface area (Å²) in [5.74, 6) is -0.0999. The van der Waals surface area contributed by atoms with E-state index in [2.05, 4.69) is 10.6 Å². The Kier molecular flexibility index (Phi) is 7.11. The van der Waals surface area contributed by atoms with Crippen LogP contribution >= 0.6 is 0 Å². The van der Waals surface area contributed by atoms with E-state index in [0.29, 0.717) is 18.3 Å². The quantitative estimate of drug-likeness (QED) is 0.466. The van der Waals surface area contributed by atoms with Crippen LogP contribution < -0.4 is 20.1 Å². The summed E-state index contributed by atoms with van der Waals surface area (Å²) >= 11 is 0. The number of hydrogen-bond acceptors (Lipinski definition) is 6. The molecule has 0 aromatic heterocycles. The van der Waals surface area contributed by atoms with Crippen LogP contribution in [0.15, 0.2) is 36.4 Å². The molecule has 8 heteroatoms. The third-order valence-corrected chi connectivity index (χ3v) is 5.14. The molecule has 0 aliphatic heterocycles. The molecule has 2 N–H and O–H groups in total. The van der Waals surface area contributed by atoms with E-state index in [9.17, 15) is 14.9 Å². The highest BCUT2D eigenvalue weighted by Gasteiger charge is 2.25. The number of carbonyl (C=O) groups excluding carboxylic acids is 1. The summed E-state index contributed by atoms with van der Waals surface area (Å²) in [6.45, 7) is 2.08. The van der Waals surface area contributed by atoms with E-state index in [1.807, 2.05) is 12.1 Å². The Morgan fingerprint density at radius 3 is 2.37 bits per heavy atom. The predicted molar refractivity (Wildman–Crippen MR) is 116 cm³/mol. The van der Waals surface area contributed by atoms with Gasteiger partial charge in [-0.3, -0.25) is 14.9 Å². The van der Waals surface area contributed by atoms with Crippen molar-refractivity contribution in [2.24, 2.45) is 0 Å². The maximum absolute atomic E-state index is 12.8. The largest absolute Gasteiger partial charge is 0.493 e. The minimum absolute atomic E-state index is 0.0929. The average molecular weight is 413 g/mol. The highest BCUT2D eigenvalue weighted by Crippen LogP contribution is 2.35. The molecule has 30 heavy (non-hydrogen) atoms. The summed E-state index contributed by atoms with van der Waals surface area (Å²) in [7, 11) is 1.42. The summed E-state index contributed by atoms with van der Waals surface area (Å²) in [5.41, 5.74) is 1.11. The van der Waals surface area contributed by atoms with Crippen molar-refractivity contribution >= 4 is 23.0 Å². The Balaban J connectivity index is 1.75. The van der Waals surface area contributed by atoms with Crippen LogP contribution in [-0.4, -0.2) is 30.6 Å². The van der Waals surface area contributed by atoms with Gasteiger partial charge in [-0.05, 0) is 44.0 Å². The Morgan fingerprint density at radius 1 is 1.10 bits per heavy atom. The number of ether oxygens (including phenoxy) is 2. The molecule has 1 saturated carbocycles. The number of anilines is 2. The van der Waals surface area contributed by atoms with Crippen molar-refractivity contribution < 1.29 is 19.2 Å². The van der Waals surface area contributed by atoms with Crippen molar-refractivity contribution in [2.75, 3.05) is 24.4 Å². The highest BCUT2D eigenvalue weighted by atomic mass is 16.6. The lowest BCUT2D eigenvalue weighted by Gasteiger charge is -2.23. The van der Waals surface area contributed by atoms with Gasteiger partial charge in [0.1, 0.15) is 5.56 Å². The van der Waals surface area contributed by atoms with Crippen molar-refractivity contribution in [3.63, 3.8) is 0 Å². The summed E-state index contributed by atoms with van der Waals surface area (Å²) in [5, 5.41) is 17.7. The molecule has 0 atom stereocenters. The SMILES string of the molecule is CCOc1cc([N+](=O)[O-])c(C(=O)Nc2ccc(NC3CCCCC3)cc2)cc1OC. The van der Waals surface area contributed by atoms with Gasteiger partial charge in [0.2, 0.25) is 0 Å². The molecule has 8 nitrogen and oxygen atoms in total.